The van der Waals surface area contributed by atoms with Crippen molar-refractivity contribution in [3.8, 4) is 0 Å². The van der Waals surface area contributed by atoms with Crippen molar-refractivity contribution >= 4 is 28.6 Å². The molecule has 1 saturated carbocycles. The van der Waals surface area contributed by atoms with Crippen molar-refractivity contribution in [3.63, 3.8) is 0 Å². The molecule has 1 amide bonds. The topological polar surface area (TPSA) is 36.4 Å². The number of amides is 1. The Balaban J connectivity index is 1.61. The first kappa shape index (κ1) is 15.6. The van der Waals surface area contributed by atoms with Crippen LogP contribution < -0.4 is 0 Å². The maximum Gasteiger partial charge on any atom is 0.228 e. The van der Waals surface area contributed by atoms with Crippen LogP contribution in [0.1, 0.15) is 28.4 Å². The van der Waals surface area contributed by atoms with Crippen LogP contribution >= 0.6 is 22.7 Å². The summed E-state index contributed by atoms with van der Waals surface area (Å²) in [4.78, 5) is 21.9. The van der Waals surface area contributed by atoms with Gasteiger partial charge in [-0.05, 0) is 24.3 Å². The van der Waals surface area contributed by atoms with Gasteiger partial charge >= 0.3 is 0 Å². The summed E-state index contributed by atoms with van der Waals surface area (Å²) in [6.07, 6.45) is 3.00. The molecule has 1 aliphatic rings. The Kier molecular flexibility index (Phi) is 4.90. The molecule has 22 heavy (non-hydrogen) atoms. The van der Waals surface area contributed by atoms with Gasteiger partial charge in [0.15, 0.2) is 0 Å². The highest BCUT2D eigenvalue weighted by molar-refractivity contribution is 7.10. The molecule has 2 aromatic rings. The molecule has 0 saturated heterocycles. The van der Waals surface area contributed by atoms with Crippen LogP contribution in [-0.4, -0.2) is 40.8 Å². The van der Waals surface area contributed by atoms with E-state index in [1.807, 2.05) is 11.3 Å². The van der Waals surface area contributed by atoms with Gasteiger partial charge in [-0.15, -0.1) is 22.7 Å². The first-order chi connectivity index (χ1) is 10.6. The van der Waals surface area contributed by atoms with Gasteiger partial charge < -0.3 is 4.90 Å². The van der Waals surface area contributed by atoms with Crippen LogP contribution in [0.25, 0.3) is 0 Å². The van der Waals surface area contributed by atoms with Gasteiger partial charge in [-0.1, -0.05) is 6.07 Å². The van der Waals surface area contributed by atoms with Gasteiger partial charge in [0.1, 0.15) is 5.01 Å². The molecule has 0 bridgehead atoms. The molecule has 0 N–H and O–H groups in total. The third-order valence-corrected chi connectivity index (χ3v) is 5.53. The van der Waals surface area contributed by atoms with Gasteiger partial charge in [0, 0.05) is 43.5 Å². The van der Waals surface area contributed by atoms with E-state index in [1.54, 1.807) is 30.3 Å². The van der Waals surface area contributed by atoms with Crippen molar-refractivity contribution in [1.82, 2.24) is 14.8 Å². The second-order valence-electron chi connectivity index (χ2n) is 5.91. The van der Waals surface area contributed by atoms with E-state index in [0.717, 1.165) is 23.8 Å². The quantitative estimate of drug-likeness (QED) is 0.780. The van der Waals surface area contributed by atoms with Gasteiger partial charge in [-0.25, -0.2) is 4.98 Å². The third kappa shape index (κ3) is 4.15. The zero-order valence-corrected chi connectivity index (χ0v) is 14.6. The van der Waals surface area contributed by atoms with E-state index in [1.165, 1.54) is 17.7 Å². The second-order valence-corrected chi connectivity index (χ2v) is 7.89. The summed E-state index contributed by atoms with van der Waals surface area (Å²) in [5.41, 5.74) is 1.09. The summed E-state index contributed by atoms with van der Waals surface area (Å²) >= 11 is 3.41. The van der Waals surface area contributed by atoms with Crippen molar-refractivity contribution in [2.45, 2.75) is 38.4 Å². The van der Waals surface area contributed by atoms with E-state index < -0.39 is 0 Å². The highest BCUT2D eigenvalue weighted by Crippen LogP contribution is 2.30. The highest BCUT2D eigenvalue weighted by Gasteiger charge is 2.29. The molecule has 0 atom stereocenters. The lowest BCUT2D eigenvalue weighted by Gasteiger charge is -2.20. The fourth-order valence-electron chi connectivity index (χ4n) is 2.35. The maximum atomic E-state index is 11.8. The van der Waals surface area contributed by atoms with Crippen LogP contribution in [0.5, 0.6) is 0 Å². The minimum Gasteiger partial charge on any atom is -0.348 e. The molecule has 1 aliphatic carbocycles. The Morgan fingerprint density at radius 2 is 2.14 bits per heavy atom. The van der Waals surface area contributed by atoms with Crippen LogP contribution in [0.2, 0.25) is 0 Å². The van der Waals surface area contributed by atoms with Crippen molar-refractivity contribution in [2.24, 2.45) is 0 Å². The summed E-state index contributed by atoms with van der Waals surface area (Å²) in [6, 6.07) is 5.01. The average molecular weight is 335 g/mol. The highest BCUT2D eigenvalue weighted by atomic mass is 32.1. The molecule has 3 rings (SSSR count). The largest absolute Gasteiger partial charge is 0.348 e. The molecular formula is C16H21N3OS2. The molecule has 2 aromatic heterocycles. The van der Waals surface area contributed by atoms with Crippen molar-refractivity contribution in [3.05, 3.63) is 38.5 Å². The zero-order chi connectivity index (χ0) is 15.5. The van der Waals surface area contributed by atoms with Crippen molar-refractivity contribution < 1.29 is 4.79 Å². The zero-order valence-electron chi connectivity index (χ0n) is 13.0. The number of nitrogens with zero attached hydrogens (tertiary/aromatic N) is 3. The fraction of sp³-hybridized carbons (Fsp3) is 0.500. The van der Waals surface area contributed by atoms with Gasteiger partial charge in [0.2, 0.25) is 5.91 Å². The summed E-state index contributed by atoms with van der Waals surface area (Å²) in [6.45, 7) is 1.89. The van der Waals surface area contributed by atoms with Crippen LogP contribution in [0, 0.1) is 0 Å². The lowest BCUT2D eigenvalue weighted by atomic mass is 10.3. The number of likely N-dealkylation sites (N-methyl/N-ethyl adjacent to an activating group) is 1. The molecular weight excluding hydrogens is 314 g/mol. The predicted octanol–water partition coefficient (Wildman–Crippen LogP) is 3.00. The number of aromatic nitrogens is 1. The molecule has 1 fully saturated rings. The number of rotatable bonds is 7. The standard InChI is InChI=1S/C16H21N3OS2/c1-18(2)16(20)8-15-17-12(11-22-15)9-19(13-5-6-13)10-14-4-3-7-21-14/h3-4,7,11,13H,5-6,8-10H2,1-2H3. The minimum absolute atomic E-state index is 0.110. The first-order valence-corrected chi connectivity index (χ1v) is 9.27. The Hall–Kier alpha value is -1.24. The summed E-state index contributed by atoms with van der Waals surface area (Å²) < 4.78 is 0. The lowest BCUT2D eigenvalue weighted by molar-refractivity contribution is -0.127. The molecule has 0 radical (unpaired) electrons. The maximum absolute atomic E-state index is 11.8. The SMILES string of the molecule is CN(C)C(=O)Cc1nc(CN(Cc2cccs2)C2CC2)cs1. The summed E-state index contributed by atoms with van der Waals surface area (Å²) in [7, 11) is 3.57. The number of carbonyl (C=O) groups is 1. The Bertz CT molecular complexity index is 617. The number of hydrogen-bond donors (Lipinski definition) is 0. The number of thiophene rings is 1. The number of thiazole rings is 1. The molecule has 0 unspecified atom stereocenters. The van der Waals surface area contributed by atoms with Crippen molar-refractivity contribution in [1.29, 1.82) is 0 Å². The average Bonchev–Trinajstić information content (AvgIpc) is 3.03. The second kappa shape index (κ2) is 6.89. The molecule has 6 heteroatoms. The molecule has 4 nitrogen and oxygen atoms in total. The Labute approximate surface area is 139 Å². The van der Waals surface area contributed by atoms with Gasteiger partial charge in [0.05, 0.1) is 12.1 Å². The van der Waals surface area contributed by atoms with E-state index in [4.69, 9.17) is 0 Å². The minimum atomic E-state index is 0.110. The van der Waals surface area contributed by atoms with Crippen LogP contribution in [-0.2, 0) is 24.3 Å². The number of carbonyl (C=O) groups excluding carboxylic acids is 1. The van der Waals surface area contributed by atoms with Gasteiger partial charge in [0.25, 0.3) is 0 Å². The molecule has 118 valence electrons. The van der Waals surface area contributed by atoms with Crippen LogP contribution in [0.15, 0.2) is 22.9 Å². The smallest absolute Gasteiger partial charge is 0.228 e. The van der Waals surface area contributed by atoms with Crippen LogP contribution in [0.3, 0.4) is 0 Å². The Morgan fingerprint density at radius 1 is 1.32 bits per heavy atom. The molecule has 0 spiro atoms. The Morgan fingerprint density at radius 3 is 2.77 bits per heavy atom. The molecule has 0 aromatic carbocycles. The molecule has 0 aliphatic heterocycles. The van der Waals surface area contributed by atoms with E-state index in [9.17, 15) is 4.79 Å². The third-order valence-electron chi connectivity index (χ3n) is 3.77. The number of hydrogen-bond acceptors (Lipinski definition) is 5. The molecule has 2 heterocycles. The van der Waals surface area contributed by atoms with E-state index in [-0.39, 0.29) is 5.91 Å². The van der Waals surface area contributed by atoms with Gasteiger partial charge in [-0.2, -0.15) is 0 Å². The predicted molar refractivity (Wildman–Crippen MR) is 91.1 cm³/mol. The van der Waals surface area contributed by atoms with Gasteiger partial charge in [-0.3, -0.25) is 9.69 Å². The van der Waals surface area contributed by atoms with Crippen LogP contribution in [0.4, 0.5) is 0 Å². The first-order valence-electron chi connectivity index (χ1n) is 7.51. The monoisotopic (exact) mass is 335 g/mol. The summed E-state index contributed by atoms with van der Waals surface area (Å²) in [5.74, 6) is 0.110. The normalized spacial score (nSPS) is 14.5. The van der Waals surface area contributed by atoms with Crippen molar-refractivity contribution in [2.75, 3.05) is 14.1 Å². The summed E-state index contributed by atoms with van der Waals surface area (Å²) in [5, 5.41) is 5.15. The van der Waals surface area contributed by atoms with E-state index in [0.29, 0.717) is 12.5 Å². The van der Waals surface area contributed by atoms with E-state index >= 15 is 0 Å². The van der Waals surface area contributed by atoms with E-state index in [2.05, 4.69) is 32.8 Å². The fourth-order valence-corrected chi connectivity index (χ4v) is 3.86. The lowest BCUT2D eigenvalue weighted by Crippen LogP contribution is -2.25.